The highest BCUT2D eigenvalue weighted by Gasteiger charge is 2.34. The monoisotopic (exact) mass is 213 g/mol. The number of carbonyl (C=O) groups excluding carboxylic acids is 1. The van der Waals surface area contributed by atoms with Crippen LogP contribution in [0.15, 0.2) is 0 Å². The van der Waals surface area contributed by atoms with E-state index >= 15 is 0 Å². The van der Waals surface area contributed by atoms with Crippen LogP contribution >= 0.6 is 0 Å². The van der Waals surface area contributed by atoms with Gasteiger partial charge in [-0.25, -0.2) is 0 Å². The van der Waals surface area contributed by atoms with Crippen molar-refractivity contribution in [3.05, 3.63) is 0 Å². The van der Waals surface area contributed by atoms with Crippen molar-refractivity contribution in [3.63, 3.8) is 0 Å². The highest BCUT2D eigenvalue weighted by atomic mass is 16.5. The van der Waals surface area contributed by atoms with Crippen LogP contribution in [0.5, 0.6) is 0 Å². The van der Waals surface area contributed by atoms with Gasteiger partial charge in [-0.3, -0.25) is 4.79 Å². The first-order chi connectivity index (χ1) is 7.04. The molecule has 5 heteroatoms. The fourth-order valence-electron chi connectivity index (χ4n) is 1.92. The van der Waals surface area contributed by atoms with E-state index in [-0.39, 0.29) is 11.7 Å². The molecule has 0 radical (unpaired) electrons. The second-order valence-corrected chi connectivity index (χ2v) is 4.61. The summed E-state index contributed by atoms with van der Waals surface area (Å²) in [5.74, 6) is 0.658. The van der Waals surface area contributed by atoms with Gasteiger partial charge in [-0.1, -0.05) is 13.8 Å². The third-order valence-electron chi connectivity index (χ3n) is 2.81. The molecule has 0 aliphatic carbocycles. The summed E-state index contributed by atoms with van der Waals surface area (Å²) in [4.78, 5) is 13.5. The van der Waals surface area contributed by atoms with E-state index in [0.29, 0.717) is 18.9 Å². The lowest BCUT2D eigenvalue weighted by Crippen LogP contribution is -2.31. The Hall–Kier alpha value is -0.545. The van der Waals surface area contributed by atoms with Crippen molar-refractivity contribution in [2.75, 3.05) is 20.2 Å². The van der Waals surface area contributed by atoms with Crippen LogP contribution in [0.2, 0.25) is 5.82 Å². The summed E-state index contributed by atoms with van der Waals surface area (Å²) >= 11 is 0. The Kier molecular flexibility index (Phi) is 4.60. The topological polar surface area (TPSA) is 49.8 Å². The third kappa shape index (κ3) is 3.50. The lowest BCUT2D eigenvalue weighted by Gasteiger charge is -2.18. The first-order valence-corrected chi connectivity index (χ1v) is 5.53. The average Bonchev–Trinajstić information content (AvgIpc) is 2.64. The Bertz CT molecular complexity index is 223. The van der Waals surface area contributed by atoms with Crippen LogP contribution in [0.25, 0.3) is 0 Å². The standard InChI is InChI=1S/C10H20BNO3/c1-8(2)6-10(13)12-5-4-9(7-12)11(14)15-3/h8-9,14H,4-7H2,1-3H3. The van der Waals surface area contributed by atoms with Crippen molar-refractivity contribution in [2.24, 2.45) is 5.92 Å². The zero-order valence-electron chi connectivity index (χ0n) is 9.77. The van der Waals surface area contributed by atoms with Crippen LogP contribution in [-0.4, -0.2) is 43.1 Å². The van der Waals surface area contributed by atoms with Crippen LogP contribution in [0.1, 0.15) is 26.7 Å². The summed E-state index contributed by atoms with van der Waals surface area (Å²) in [6, 6.07) is 0. The van der Waals surface area contributed by atoms with Crippen molar-refractivity contribution in [3.8, 4) is 0 Å². The van der Waals surface area contributed by atoms with Gasteiger partial charge in [0.1, 0.15) is 0 Å². The number of hydrogen-bond acceptors (Lipinski definition) is 3. The van der Waals surface area contributed by atoms with Gasteiger partial charge in [-0.05, 0) is 12.3 Å². The first-order valence-electron chi connectivity index (χ1n) is 5.53. The second kappa shape index (κ2) is 5.51. The van der Waals surface area contributed by atoms with Crippen LogP contribution in [0.3, 0.4) is 0 Å². The highest BCUT2D eigenvalue weighted by molar-refractivity contribution is 6.45. The number of amides is 1. The first kappa shape index (κ1) is 12.5. The van der Waals surface area contributed by atoms with Crippen LogP contribution in [0, 0.1) is 5.92 Å². The number of carbonyl (C=O) groups is 1. The quantitative estimate of drug-likeness (QED) is 0.701. The molecule has 1 fully saturated rings. The van der Waals surface area contributed by atoms with Gasteiger partial charge < -0.3 is 14.6 Å². The molecular weight excluding hydrogens is 193 g/mol. The van der Waals surface area contributed by atoms with Crippen molar-refractivity contribution < 1.29 is 14.5 Å². The van der Waals surface area contributed by atoms with Gasteiger partial charge in [0.05, 0.1) is 0 Å². The van der Waals surface area contributed by atoms with Gasteiger partial charge in [-0.15, -0.1) is 0 Å². The molecule has 1 amide bonds. The molecule has 0 bridgehead atoms. The van der Waals surface area contributed by atoms with Gasteiger partial charge in [0.2, 0.25) is 5.91 Å². The number of rotatable bonds is 4. The molecule has 1 unspecified atom stereocenters. The normalized spacial score (nSPS) is 21.1. The molecule has 0 aromatic heterocycles. The molecule has 1 aliphatic rings. The number of likely N-dealkylation sites (tertiary alicyclic amines) is 1. The maximum absolute atomic E-state index is 11.7. The second-order valence-electron chi connectivity index (χ2n) is 4.61. The van der Waals surface area contributed by atoms with Gasteiger partial charge in [0.25, 0.3) is 0 Å². The van der Waals surface area contributed by atoms with Gasteiger partial charge >= 0.3 is 7.12 Å². The van der Waals surface area contributed by atoms with E-state index in [0.717, 1.165) is 13.0 Å². The van der Waals surface area contributed by atoms with E-state index in [1.54, 1.807) is 0 Å². The fraction of sp³-hybridized carbons (Fsp3) is 0.900. The third-order valence-corrected chi connectivity index (χ3v) is 2.81. The van der Waals surface area contributed by atoms with E-state index in [9.17, 15) is 9.82 Å². The number of nitrogens with zero attached hydrogens (tertiary/aromatic N) is 1. The minimum absolute atomic E-state index is 0.0751. The molecule has 1 atom stereocenters. The minimum Gasteiger partial charge on any atom is -0.427 e. The summed E-state index contributed by atoms with van der Waals surface area (Å²) in [7, 11) is 0.755. The van der Waals surface area contributed by atoms with Gasteiger partial charge in [0, 0.05) is 32.4 Å². The van der Waals surface area contributed by atoms with E-state index in [2.05, 4.69) is 0 Å². The van der Waals surface area contributed by atoms with Gasteiger partial charge in [-0.2, -0.15) is 0 Å². The largest absolute Gasteiger partial charge is 0.459 e. The molecule has 1 aliphatic heterocycles. The van der Waals surface area contributed by atoms with E-state index < -0.39 is 7.12 Å². The predicted octanol–water partition coefficient (Wildman–Crippen LogP) is 0.762. The van der Waals surface area contributed by atoms with Crippen molar-refractivity contribution in [2.45, 2.75) is 32.5 Å². The molecule has 1 rings (SSSR count). The van der Waals surface area contributed by atoms with E-state index in [1.807, 2.05) is 18.7 Å². The SMILES string of the molecule is COB(O)C1CCN(C(=O)CC(C)C)C1. The van der Waals surface area contributed by atoms with Crippen LogP contribution in [0.4, 0.5) is 0 Å². The molecular formula is C10H20BNO3. The molecule has 4 nitrogen and oxygen atoms in total. The average molecular weight is 213 g/mol. The highest BCUT2D eigenvalue weighted by Crippen LogP contribution is 2.25. The Morgan fingerprint density at radius 2 is 2.33 bits per heavy atom. The Balaban J connectivity index is 2.38. The Morgan fingerprint density at radius 3 is 2.87 bits per heavy atom. The predicted molar refractivity (Wildman–Crippen MR) is 59.4 cm³/mol. The molecule has 86 valence electrons. The summed E-state index contributed by atoms with van der Waals surface area (Å²) in [5, 5.41) is 9.48. The molecule has 1 N–H and O–H groups in total. The lowest BCUT2D eigenvalue weighted by molar-refractivity contribution is -0.130. The van der Waals surface area contributed by atoms with Crippen LogP contribution in [-0.2, 0) is 9.45 Å². The molecule has 15 heavy (non-hydrogen) atoms. The van der Waals surface area contributed by atoms with E-state index in [4.69, 9.17) is 4.65 Å². The maximum atomic E-state index is 11.7. The molecule has 0 aromatic rings. The Morgan fingerprint density at radius 1 is 1.67 bits per heavy atom. The molecule has 1 heterocycles. The smallest absolute Gasteiger partial charge is 0.427 e. The zero-order valence-corrected chi connectivity index (χ0v) is 9.77. The summed E-state index contributed by atoms with van der Waals surface area (Å²) in [6.07, 6.45) is 1.43. The molecule has 1 saturated heterocycles. The zero-order chi connectivity index (χ0) is 11.4. The Labute approximate surface area is 91.7 Å². The molecule has 0 aromatic carbocycles. The fourth-order valence-corrected chi connectivity index (χ4v) is 1.92. The summed E-state index contributed by atoms with van der Waals surface area (Å²) in [5.41, 5.74) is 0. The van der Waals surface area contributed by atoms with Gasteiger partial charge in [0.15, 0.2) is 0 Å². The number of hydrogen-bond donors (Lipinski definition) is 1. The lowest BCUT2D eigenvalue weighted by atomic mass is 9.72. The summed E-state index contributed by atoms with van der Waals surface area (Å²) in [6.45, 7) is 5.45. The van der Waals surface area contributed by atoms with Crippen LogP contribution < -0.4 is 0 Å². The molecule has 0 saturated carbocycles. The van der Waals surface area contributed by atoms with Crippen molar-refractivity contribution in [1.29, 1.82) is 0 Å². The maximum Gasteiger partial charge on any atom is 0.459 e. The van der Waals surface area contributed by atoms with Crippen molar-refractivity contribution in [1.82, 2.24) is 4.90 Å². The molecule has 0 spiro atoms. The summed E-state index contributed by atoms with van der Waals surface area (Å²) < 4.78 is 4.86. The van der Waals surface area contributed by atoms with Crippen molar-refractivity contribution >= 4 is 13.0 Å². The minimum atomic E-state index is -0.734. The van der Waals surface area contributed by atoms with E-state index in [1.165, 1.54) is 7.11 Å².